The monoisotopic (exact) mass is 344 g/mol. The van der Waals surface area contributed by atoms with Gasteiger partial charge in [-0.25, -0.2) is 0 Å². The van der Waals surface area contributed by atoms with E-state index in [0.29, 0.717) is 11.8 Å². The SMILES string of the molecule is Cc1ccc(S(=O)(=O)OC[C@H]2CC[C@H](c3ccccc3)CC2)cc1. The van der Waals surface area contributed by atoms with Gasteiger partial charge in [0.1, 0.15) is 0 Å². The molecule has 24 heavy (non-hydrogen) atoms. The summed E-state index contributed by atoms with van der Waals surface area (Å²) in [5.74, 6) is 0.918. The number of rotatable bonds is 5. The van der Waals surface area contributed by atoms with Gasteiger partial charge >= 0.3 is 0 Å². The molecule has 0 spiro atoms. The summed E-state index contributed by atoms with van der Waals surface area (Å²) >= 11 is 0. The van der Waals surface area contributed by atoms with Crippen molar-refractivity contribution < 1.29 is 12.6 Å². The third-order valence-corrected chi connectivity index (χ3v) is 6.18. The van der Waals surface area contributed by atoms with Gasteiger partial charge in [-0.05, 0) is 62.1 Å². The Kier molecular flexibility index (Phi) is 5.36. The lowest BCUT2D eigenvalue weighted by atomic mass is 9.79. The van der Waals surface area contributed by atoms with Crippen molar-refractivity contribution in [3.05, 3.63) is 65.7 Å². The Morgan fingerprint density at radius 1 is 0.917 bits per heavy atom. The summed E-state index contributed by atoms with van der Waals surface area (Å²) in [6, 6.07) is 17.4. The summed E-state index contributed by atoms with van der Waals surface area (Å²) < 4.78 is 29.8. The molecule has 0 radical (unpaired) electrons. The van der Waals surface area contributed by atoms with Gasteiger partial charge in [-0.15, -0.1) is 0 Å². The largest absolute Gasteiger partial charge is 0.296 e. The zero-order valence-corrected chi connectivity index (χ0v) is 14.8. The maximum absolute atomic E-state index is 12.2. The van der Waals surface area contributed by atoms with Crippen LogP contribution in [-0.4, -0.2) is 15.0 Å². The van der Waals surface area contributed by atoms with E-state index in [2.05, 4.69) is 24.3 Å². The van der Waals surface area contributed by atoms with Crippen molar-refractivity contribution in [2.75, 3.05) is 6.61 Å². The van der Waals surface area contributed by atoms with Crippen LogP contribution < -0.4 is 0 Å². The van der Waals surface area contributed by atoms with E-state index in [1.54, 1.807) is 24.3 Å². The zero-order valence-electron chi connectivity index (χ0n) is 14.0. The molecule has 4 heteroatoms. The van der Waals surface area contributed by atoms with E-state index in [1.165, 1.54) is 5.56 Å². The van der Waals surface area contributed by atoms with Gasteiger partial charge in [-0.3, -0.25) is 4.18 Å². The molecule has 0 heterocycles. The lowest BCUT2D eigenvalue weighted by molar-refractivity contribution is 0.204. The number of hydrogen-bond acceptors (Lipinski definition) is 3. The molecule has 1 fully saturated rings. The predicted octanol–water partition coefficient (Wildman–Crippen LogP) is 4.67. The van der Waals surface area contributed by atoms with Crippen LogP contribution in [0.15, 0.2) is 59.5 Å². The van der Waals surface area contributed by atoms with E-state index in [-0.39, 0.29) is 11.5 Å². The van der Waals surface area contributed by atoms with E-state index < -0.39 is 10.1 Å². The Morgan fingerprint density at radius 3 is 2.17 bits per heavy atom. The average molecular weight is 344 g/mol. The Bertz CT molecular complexity index is 743. The fourth-order valence-corrected chi connectivity index (χ4v) is 4.32. The second-order valence-corrected chi connectivity index (χ2v) is 8.30. The van der Waals surface area contributed by atoms with Crippen molar-refractivity contribution in [3.8, 4) is 0 Å². The molecule has 1 aliphatic rings. The van der Waals surface area contributed by atoms with Gasteiger partial charge in [0.2, 0.25) is 0 Å². The Labute approximate surface area is 144 Å². The van der Waals surface area contributed by atoms with Crippen LogP contribution in [0.3, 0.4) is 0 Å². The minimum Gasteiger partial charge on any atom is -0.266 e. The topological polar surface area (TPSA) is 43.4 Å². The molecular formula is C20H24O3S. The highest BCUT2D eigenvalue weighted by Gasteiger charge is 2.24. The second kappa shape index (κ2) is 7.49. The number of aryl methyl sites for hydroxylation is 1. The quantitative estimate of drug-likeness (QED) is 0.740. The molecule has 0 unspecified atom stereocenters. The van der Waals surface area contributed by atoms with Gasteiger partial charge in [0.25, 0.3) is 10.1 Å². The fraction of sp³-hybridized carbons (Fsp3) is 0.400. The third kappa shape index (κ3) is 4.25. The molecule has 1 aliphatic carbocycles. The van der Waals surface area contributed by atoms with E-state index in [9.17, 15) is 8.42 Å². The molecule has 0 aliphatic heterocycles. The lowest BCUT2D eigenvalue weighted by Crippen LogP contribution is -2.20. The van der Waals surface area contributed by atoms with Crippen LogP contribution in [0.2, 0.25) is 0 Å². The van der Waals surface area contributed by atoms with Crippen molar-refractivity contribution in [1.29, 1.82) is 0 Å². The van der Waals surface area contributed by atoms with E-state index in [4.69, 9.17) is 4.18 Å². The first-order valence-corrected chi connectivity index (χ1v) is 9.96. The van der Waals surface area contributed by atoms with Crippen LogP contribution in [-0.2, 0) is 14.3 Å². The van der Waals surface area contributed by atoms with Crippen LogP contribution >= 0.6 is 0 Å². The highest BCUT2D eigenvalue weighted by Crippen LogP contribution is 2.36. The van der Waals surface area contributed by atoms with Gasteiger partial charge in [-0.1, -0.05) is 48.0 Å². The van der Waals surface area contributed by atoms with E-state index >= 15 is 0 Å². The van der Waals surface area contributed by atoms with Crippen molar-refractivity contribution in [2.24, 2.45) is 5.92 Å². The van der Waals surface area contributed by atoms with E-state index in [0.717, 1.165) is 31.2 Å². The standard InChI is InChI=1S/C20H24O3S/c1-16-7-13-20(14-8-16)24(21,22)23-15-17-9-11-19(12-10-17)18-5-3-2-4-6-18/h2-8,13-14,17,19H,9-12,15H2,1H3/t17-,19-. The molecule has 0 N–H and O–H groups in total. The molecule has 0 aromatic heterocycles. The molecule has 128 valence electrons. The van der Waals surface area contributed by atoms with Gasteiger partial charge in [0.05, 0.1) is 11.5 Å². The van der Waals surface area contributed by atoms with Crippen molar-refractivity contribution in [2.45, 2.75) is 43.4 Å². The summed E-state index contributed by atoms with van der Waals surface area (Å²) in [6.45, 7) is 2.22. The summed E-state index contributed by atoms with van der Waals surface area (Å²) in [5, 5.41) is 0. The average Bonchev–Trinajstić information content (AvgIpc) is 2.62. The molecule has 3 rings (SSSR count). The minimum absolute atomic E-state index is 0.242. The van der Waals surface area contributed by atoms with Crippen molar-refractivity contribution in [1.82, 2.24) is 0 Å². The molecule has 0 bridgehead atoms. The molecule has 1 saturated carbocycles. The van der Waals surface area contributed by atoms with Gasteiger partial charge in [0, 0.05) is 0 Å². The van der Waals surface area contributed by atoms with Crippen LogP contribution in [0.1, 0.15) is 42.7 Å². The maximum Gasteiger partial charge on any atom is 0.296 e. The third-order valence-electron chi connectivity index (χ3n) is 4.89. The fourth-order valence-electron chi connectivity index (χ4n) is 3.35. The van der Waals surface area contributed by atoms with E-state index in [1.807, 2.05) is 13.0 Å². The molecular weight excluding hydrogens is 320 g/mol. The molecule has 2 aromatic carbocycles. The first-order chi connectivity index (χ1) is 11.5. The maximum atomic E-state index is 12.2. The molecule has 0 amide bonds. The Balaban J connectivity index is 1.52. The Hall–Kier alpha value is -1.65. The van der Waals surface area contributed by atoms with Crippen LogP contribution in [0.4, 0.5) is 0 Å². The highest BCUT2D eigenvalue weighted by molar-refractivity contribution is 7.86. The first kappa shape index (κ1) is 17.2. The van der Waals surface area contributed by atoms with Crippen LogP contribution in [0.5, 0.6) is 0 Å². The van der Waals surface area contributed by atoms with Gasteiger partial charge < -0.3 is 0 Å². The number of hydrogen-bond donors (Lipinski definition) is 0. The second-order valence-electron chi connectivity index (χ2n) is 6.68. The smallest absolute Gasteiger partial charge is 0.266 e. The van der Waals surface area contributed by atoms with Crippen LogP contribution in [0, 0.1) is 12.8 Å². The number of benzene rings is 2. The first-order valence-electron chi connectivity index (χ1n) is 8.55. The van der Waals surface area contributed by atoms with Gasteiger partial charge in [-0.2, -0.15) is 8.42 Å². The summed E-state index contributed by atoms with van der Waals surface area (Å²) in [6.07, 6.45) is 4.23. The summed E-state index contributed by atoms with van der Waals surface area (Å²) in [7, 11) is -3.64. The molecule has 3 nitrogen and oxygen atoms in total. The molecule has 2 aromatic rings. The predicted molar refractivity (Wildman–Crippen MR) is 95.5 cm³/mol. The van der Waals surface area contributed by atoms with Crippen LogP contribution in [0.25, 0.3) is 0 Å². The Morgan fingerprint density at radius 2 is 1.54 bits per heavy atom. The summed E-state index contributed by atoms with van der Waals surface area (Å²) in [4.78, 5) is 0.242. The zero-order chi connectivity index (χ0) is 17.0. The van der Waals surface area contributed by atoms with Crippen molar-refractivity contribution in [3.63, 3.8) is 0 Å². The molecule has 0 saturated heterocycles. The molecule has 0 atom stereocenters. The lowest BCUT2D eigenvalue weighted by Gasteiger charge is -2.28. The minimum atomic E-state index is -3.64. The van der Waals surface area contributed by atoms with Gasteiger partial charge in [0.15, 0.2) is 0 Å². The highest BCUT2D eigenvalue weighted by atomic mass is 32.2. The summed E-state index contributed by atoms with van der Waals surface area (Å²) in [5.41, 5.74) is 2.43. The van der Waals surface area contributed by atoms with Crippen molar-refractivity contribution >= 4 is 10.1 Å². The normalized spacial score (nSPS) is 21.5.